The summed E-state index contributed by atoms with van der Waals surface area (Å²) in [7, 11) is 0. The predicted octanol–water partition coefficient (Wildman–Crippen LogP) is 2.02. The highest BCUT2D eigenvalue weighted by atomic mass is 16.3. The van der Waals surface area contributed by atoms with Gasteiger partial charge in [0, 0.05) is 29.9 Å². The van der Waals surface area contributed by atoms with Gasteiger partial charge in [0.05, 0.1) is 0 Å². The number of nitrogens with two attached hydrogens (primary N) is 1. The Morgan fingerprint density at radius 2 is 1.90 bits per heavy atom. The summed E-state index contributed by atoms with van der Waals surface area (Å²) >= 11 is 0. The molecular weight excluding hydrogens is 386 g/mol. The second-order valence-electron chi connectivity index (χ2n) is 6.65. The Bertz CT molecular complexity index is 1120. The lowest BCUT2D eigenvalue weighted by Gasteiger charge is -2.27. The Hall–Kier alpha value is -3.96. The zero-order chi connectivity index (χ0) is 21.8. The van der Waals surface area contributed by atoms with Gasteiger partial charge in [-0.15, -0.1) is 0 Å². The molecule has 0 radical (unpaired) electrons. The number of carbonyl (C=O) groups excluding carboxylic acids is 3. The van der Waals surface area contributed by atoms with E-state index in [0.29, 0.717) is 22.6 Å². The van der Waals surface area contributed by atoms with E-state index in [2.05, 4.69) is 0 Å². The molecule has 2 heterocycles. The molecule has 1 aliphatic heterocycles. The van der Waals surface area contributed by atoms with Crippen LogP contribution in [0.1, 0.15) is 29.5 Å². The summed E-state index contributed by atoms with van der Waals surface area (Å²) in [6, 6.07) is 11.8. The fourth-order valence-corrected chi connectivity index (χ4v) is 3.09. The van der Waals surface area contributed by atoms with Crippen molar-refractivity contribution in [3.8, 4) is 17.4 Å². The Labute approximate surface area is 172 Å². The van der Waals surface area contributed by atoms with E-state index in [1.165, 1.54) is 13.0 Å². The largest absolute Gasteiger partial charge is 0.457 e. The number of nitriles is 1. The molecule has 0 fully saturated rings. The average molecular weight is 405 g/mol. The van der Waals surface area contributed by atoms with Gasteiger partial charge in [-0.3, -0.25) is 19.3 Å². The number of hydrogen-bond donors (Lipinski definition) is 2. The molecule has 30 heavy (non-hydrogen) atoms. The first-order chi connectivity index (χ1) is 14.4. The van der Waals surface area contributed by atoms with E-state index in [1.807, 2.05) is 6.07 Å². The molecule has 1 aromatic carbocycles. The molecule has 0 saturated heterocycles. The van der Waals surface area contributed by atoms with Gasteiger partial charge in [-0.2, -0.15) is 5.26 Å². The minimum absolute atomic E-state index is 0.0135. The minimum atomic E-state index is -0.666. The average Bonchev–Trinajstić information content (AvgIpc) is 3.20. The van der Waals surface area contributed by atoms with Crippen LogP contribution >= 0.6 is 0 Å². The van der Waals surface area contributed by atoms with E-state index in [4.69, 9.17) is 15.3 Å². The maximum Gasteiger partial charge on any atom is 0.271 e. The highest BCUT2D eigenvalue weighted by Crippen LogP contribution is 2.29. The third-order valence-corrected chi connectivity index (χ3v) is 4.73. The SMILES string of the molecule is CC1=C(C#N)C(=O)N(CCCO)C(=O)/C1=C\c1ccc(-c2ccc(C(N)=O)cc2)o1. The number of benzene rings is 1. The number of imide groups is 1. The fourth-order valence-electron chi connectivity index (χ4n) is 3.09. The number of hydrogen-bond acceptors (Lipinski definition) is 6. The molecule has 8 heteroatoms. The summed E-state index contributed by atoms with van der Waals surface area (Å²) in [4.78, 5) is 37.4. The van der Waals surface area contributed by atoms with Crippen LogP contribution in [-0.2, 0) is 9.59 Å². The van der Waals surface area contributed by atoms with Crippen LogP contribution in [0.15, 0.2) is 57.5 Å². The zero-order valence-corrected chi connectivity index (χ0v) is 16.2. The standard InChI is InChI=1S/C22H19N3O5/c1-13-17(21(28)25(9-2-10-26)22(29)18(13)12-23)11-16-7-8-19(30-16)14-3-5-15(6-4-14)20(24)27/h3-8,11,26H,2,9-10H2,1H3,(H2,24,27)/b17-11-. The normalized spacial score (nSPS) is 15.6. The van der Waals surface area contributed by atoms with E-state index < -0.39 is 17.7 Å². The van der Waals surface area contributed by atoms with Gasteiger partial charge in [0.1, 0.15) is 23.2 Å². The van der Waals surface area contributed by atoms with Crippen molar-refractivity contribution in [2.45, 2.75) is 13.3 Å². The van der Waals surface area contributed by atoms with Crippen LogP contribution in [0.2, 0.25) is 0 Å². The summed E-state index contributed by atoms with van der Waals surface area (Å²) in [6.45, 7) is 1.37. The van der Waals surface area contributed by atoms with E-state index in [-0.39, 0.29) is 36.3 Å². The van der Waals surface area contributed by atoms with Crippen molar-refractivity contribution in [1.29, 1.82) is 5.26 Å². The summed E-state index contributed by atoms with van der Waals surface area (Å²) in [5, 5.41) is 18.4. The first kappa shape index (κ1) is 20.8. The monoisotopic (exact) mass is 405 g/mol. The molecule has 8 nitrogen and oxygen atoms in total. The van der Waals surface area contributed by atoms with Crippen molar-refractivity contribution in [3.05, 3.63) is 64.4 Å². The van der Waals surface area contributed by atoms with Crippen LogP contribution in [-0.4, -0.2) is 40.9 Å². The molecule has 0 saturated carbocycles. The third kappa shape index (κ3) is 3.92. The maximum absolute atomic E-state index is 12.8. The Morgan fingerprint density at radius 3 is 2.50 bits per heavy atom. The van der Waals surface area contributed by atoms with Gasteiger partial charge in [-0.1, -0.05) is 12.1 Å². The number of primary amides is 1. The van der Waals surface area contributed by atoms with Gasteiger partial charge in [0.25, 0.3) is 11.8 Å². The second kappa shape index (κ2) is 8.59. The first-order valence-corrected chi connectivity index (χ1v) is 9.17. The number of carbonyl (C=O) groups is 3. The van der Waals surface area contributed by atoms with Gasteiger partial charge in [0.2, 0.25) is 5.91 Å². The molecule has 1 aliphatic rings. The van der Waals surface area contributed by atoms with Crippen LogP contribution in [0.25, 0.3) is 17.4 Å². The van der Waals surface area contributed by atoms with E-state index >= 15 is 0 Å². The fraction of sp³-hybridized carbons (Fsp3) is 0.182. The third-order valence-electron chi connectivity index (χ3n) is 4.73. The van der Waals surface area contributed by atoms with E-state index in [1.54, 1.807) is 36.4 Å². The van der Waals surface area contributed by atoms with Gasteiger partial charge in [0.15, 0.2) is 0 Å². The smallest absolute Gasteiger partial charge is 0.271 e. The molecule has 1 aromatic heterocycles. The highest BCUT2D eigenvalue weighted by molar-refractivity contribution is 6.19. The molecule has 0 bridgehead atoms. The van der Waals surface area contributed by atoms with Crippen molar-refractivity contribution in [2.75, 3.05) is 13.2 Å². The number of aliphatic hydroxyl groups excluding tert-OH is 1. The van der Waals surface area contributed by atoms with Crippen molar-refractivity contribution in [3.63, 3.8) is 0 Å². The molecule has 0 spiro atoms. The molecule has 152 valence electrons. The summed E-state index contributed by atoms with van der Waals surface area (Å²) in [5.74, 6) is -0.871. The Kier molecular flexibility index (Phi) is 5.95. The van der Waals surface area contributed by atoms with Crippen molar-refractivity contribution in [2.24, 2.45) is 5.73 Å². The van der Waals surface area contributed by atoms with Crippen LogP contribution in [0.5, 0.6) is 0 Å². The topological polar surface area (TPSA) is 138 Å². The lowest BCUT2D eigenvalue weighted by Crippen LogP contribution is -2.43. The zero-order valence-electron chi connectivity index (χ0n) is 16.2. The lowest BCUT2D eigenvalue weighted by atomic mass is 9.94. The molecule has 3 N–H and O–H groups in total. The Balaban J connectivity index is 1.96. The quantitative estimate of drug-likeness (QED) is 0.557. The lowest BCUT2D eigenvalue weighted by molar-refractivity contribution is -0.140. The number of rotatable bonds is 6. The number of furan rings is 1. The van der Waals surface area contributed by atoms with Crippen molar-refractivity contribution < 1.29 is 23.9 Å². The molecular formula is C22H19N3O5. The molecule has 0 aliphatic carbocycles. The van der Waals surface area contributed by atoms with Gasteiger partial charge < -0.3 is 15.3 Å². The maximum atomic E-state index is 12.8. The molecule has 2 aromatic rings. The molecule has 0 atom stereocenters. The van der Waals surface area contributed by atoms with Gasteiger partial charge >= 0.3 is 0 Å². The predicted molar refractivity (Wildman–Crippen MR) is 107 cm³/mol. The first-order valence-electron chi connectivity index (χ1n) is 9.17. The number of nitrogens with zero attached hydrogens (tertiary/aromatic N) is 2. The second-order valence-corrected chi connectivity index (χ2v) is 6.65. The molecule has 3 amide bonds. The van der Waals surface area contributed by atoms with Crippen LogP contribution in [0.3, 0.4) is 0 Å². The van der Waals surface area contributed by atoms with Gasteiger partial charge in [-0.25, -0.2) is 0 Å². The summed E-state index contributed by atoms with van der Waals surface area (Å²) < 4.78 is 5.79. The van der Waals surface area contributed by atoms with Crippen LogP contribution < -0.4 is 5.73 Å². The van der Waals surface area contributed by atoms with E-state index in [9.17, 15) is 19.6 Å². The molecule has 3 rings (SSSR count). The summed E-state index contributed by atoms with van der Waals surface area (Å²) in [6.07, 6.45) is 1.70. The number of aliphatic hydroxyl groups is 1. The van der Waals surface area contributed by atoms with E-state index in [0.717, 1.165) is 4.90 Å². The van der Waals surface area contributed by atoms with Crippen molar-refractivity contribution in [1.82, 2.24) is 4.90 Å². The van der Waals surface area contributed by atoms with Crippen molar-refractivity contribution >= 4 is 23.8 Å². The van der Waals surface area contributed by atoms with Gasteiger partial charge in [-0.05, 0) is 49.3 Å². The van der Waals surface area contributed by atoms with Crippen LogP contribution in [0.4, 0.5) is 0 Å². The number of amides is 3. The highest BCUT2D eigenvalue weighted by Gasteiger charge is 2.35. The summed E-state index contributed by atoms with van der Waals surface area (Å²) in [5.41, 5.74) is 6.66. The van der Waals surface area contributed by atoms with Crippen LogP contribution in [0, 0.1) is 11.3 Å². The molecule has 0 unspecified atom stereocenters. The minimum Gasteiger partial charge on any atom is -0.457 e. The Morgan fingerprint density at radius 1 is 1.20 bits per heavy atom.